The summed E-state index contributed by atoms with van der Waals surface area (Å²) >= 11 is 0. The Morgan fingerprint density at radius 2 is 1.20 bits per heavy atom. The van der Waals surface area contributed by atoms with Crippen LogP contribution >= 0.6 is 0 Å². The van der Waals surface area contributed by atoms with Gasteiger partial charge in [-0.05, 0) is 63.4 Å². The largest absolute Gasteiger partial charge is 0.346 e. The van der Waals surface area contributed by atoms with Crippen molar-refractivity contribution in [2.45, 2.75) is 6.29 Å². The van der Waals surface area contributed by atoms with Crippen LogP contribution in [0.1, 0.15) is 17.5 Å². The van der Waals surface area contributed by atoms with Crippen LogP contribution in [0.3, 0.4) is 0 Å². The minimum absolute atomic E-state index is 0.412. The number of hydrogen-bond donors (Lipinski definition) is 1. The molecule has 0 bridgehead atoms. The van der Waals surface area contributed by atoms with Crippen molar-refractivity contribution in [3.05, 3.63) is 181 Å². The highest BCUT2D eigenvalue weighted by molar-refractivity contribution is 6.22. The summed E-state index contributed by atoms with van der Waals surface area (Å²) in [5.41, 5.74) is 11.7. The summed E-state index contributed by atoms with van der Waals surface area (Å²) in [6.45, 7) is 0. The number of aliphatic imine (C=N–C) groups is 1. The summed E-state index contributed by atoms with van der Waals surface area (Å²) in [6, 6.07) is 60.2. The molecule has 4 nitrogen and oxygen atoms in total. The van der Waals surface area contributed by atoms with Crippen molar-refractivity contribution in [2.75, 3.05) is 5.32 Å². The van der Waals surface area contributed by atoms with Gasteiger partial charge in [0.1, 0.15) is 0 Å². The molecule has 49 heavy (non-hydrogen) atoms. The highest BCUT2D eigenvalue weighted by Crippen LogP contribution is 2.41. The number of pyridine rings is 1. The van der Waals surface area contributed by atoms with E-state index in [0.717, 1.165) is 55.7 Å². The zero-order valence-electron chi connectivity index (χ0n) is 26.6. The van der Waals surface area contributed by atoms with Crippen LogP contribution < -0.4 is 5.32 Å². The molecular weight excluding hydrogens is 597 g/mol. The molecule has 0 aliphatic carbocycles. The molecule has 0 saturated heterocycles. The van der Waals surface area contributed by atoms with Crippen molar-refractivity contribution in [3.63, 3.8) is 0 Å². The van der Waals surface area contributed by atoms with Crippen LogP contribution in [0.5, 0.6) is 0 Å². The van der Waals surface area contributed by atoms with Crippen molar-refractivity contribution in [3.8, 4) is 22.3 Å². The Balaban J connectivity index is 1.26. The fourth-order valence-corrected chi connectivity index (χ4v) is 7.55. The van der Waals surface area contributed by atoms with Gasteiger partial charge in [0.2, 0.25) is 6.29 Å². The lowest BCUT2D eigenvalue weighted by molar-refractivity contribution is 0.624. The van der Waals surface area contributed by atoms with E-state index < -0.39 is 6.29 Å². The monoisotopic (exact) mass is 626 g/mol. The van der Waals surface area contributed by atoms with Crippen molar-refractivity contribution in [1.82, 2.24) is 9.55 Å². The molecule has 9 aromatic rings. The number of anilines is 1. The topological polar surface area (TPSA) is 42.2 Å². The van der Waals surface area contributed by atoms with Crippen LogP contribution in [0.2, 0.25) is 0 Å². The van der Waals surface area contributed by atoms with E-state index in [-0.39, 0.29) is 0 Å². The summed E-state index contributed by atoms with van der Waals surface area (Å²) in [4.78, 5) is 10.8. The van der Waals surface area contributed by atoms with E-state index in [9.17, 15) is 0 Å². The number of para-hydroxylation sites is 2. The second-order valence-electron chi connectivity index (χ2n) is 12.6. The van der Waals surface area contributed by atoms with Crippen molar-refractivity contribution in [1.29, 1.82) is 0 Å². The highest BCUT2D eigenvalue weighted by Gasteiger charge is 2.27. The van der Waals surface area contributed by atoms with Gasteiger partial charge < -0.3 is 9.88 Å². The predicted octanol–water partition coefficient (Wildman–Crippen LogP) is 11.2. The Morgan fingerprint density at radius 1 is 0.490 bits per heavy atom. The SMILES string of the molecule is c1ccc(-c2ccc3c4c5ccccc5ccc4n(C4N=C(c5cc(-c6ccccc6)c6ccccc6n5)c5ccccc5N4)c3c2)cc1. The van der Waals surface area contributed by atoms with Gasteiger partial charge in [-0.15, -0.1) is 0 Å². The highest BCUT2D eigenvalue weighted by atomic mass is 15.3. The number of nitrogens with zero attached hydrogens (tertiary/aromatic N) is 3. The zero-order valence-corrected chi connectivity index (χ0v) is 26.6. The van der Waals surface area contributed by atoms with Crippen LogP contribution in [0.25, 0.3) is 65.7 Å². The summed E-state index contributed by atoms with van der Waals surface area (Å²) in [7, 11) is 0. The van der Waals surface area contributed by atoms with Crippen LogP contribution in [0, 0.1) is 0 Å². The Kier molecular flexibility index (Phi) is 6.21. The van der Waals surface area contributed by atoms with E-state index in [1.165, 1.54) is 32.7 Å². The minimum atomic E-state index is -0.412. The standard InChI is InChI=1S/C45H30N4/c1-3-13-29(14-4-1)32-23-25-36-42(27-32)49(41-26-24-31-17-7-8-18-33(31)43(36)41)45-47-39-22-12-10-20-35(39)44(48-45)40-28-37(30-15-5-2-6-16-30)34-19-9-11-21-38(34)46-40/h1-28,45,47H. The molecule has 1 unspecified atom stereocenters. The third-order valence-corrected chi connectivity index (χ3v) is 9.81. The van der Waals surface area contributed by atoms with Gasteiger partial charge in [-0.3, -0.25) is 0 Å². The Hall–Kier alpha value is -6.52. The lowest BCUT2D eigenvalue weighted by atomic mass is 9.96. The van der Waals surface area contributed by atoms with E-state index in [4.69, 9.17) is 9.98 Å². The maximum atomic E-state index is 5.57. The maximum absolute atomic E-state index is 5.57. The molecular formula is C45H30N4. The molecule has 1 atom stereocenters. The maximum Gasteiger partial charge on any atom is 0.201 e. The normalized spacial score (nSPS) is 14.2. The van der Waals surface area contributed by atoms with Gasteiger partial charge in [-0.1, -0.05) is 140 Å². The number of fused-ring (bicyclic) bond motifs is 7. The van der Waals surface area contributed by atoms with Gasteiger partial charge in [0.05, 0.1) is 28.0 Å². The number of rotatable bonds is 4. The first-order valence-electron chi connectivity index (χ1n) is 16.7. The molecule has 3 heterocycles. The number of benzene rings is 7. The summed E-state index contributed by atoms with van der Waals surface area (Å²) in [5, 5.41) is 9.85. The second-order valence-corrected chi connectivity index (χ2v) is 12.6. The molecule has 0 radical (unpaired) electrons. The molecule has 1 N–H and O–H groups in total. The average molecular weight is 627 g/mol. The summed E-state index contributed by atoms with van der Waals surface area (Å²) in [6.07, 6.45) is -0.412. The van der Waals surface area contributed by atoms with Crippen LogP contribution in [-0.2, 0) is 0 Å². The molecule has 0 amide bonds. The first kappa shape index (κ1) is 27.6. The summed E-state index contributed by atoms with van der Waals surface area (Å²) in [5.74, 6) is 0. The van der Waals surface area contributed by atoms with Gasteiger partial charge >= 0.3 is 0 Å². The van der Waals surface area contributed by atoms with Gasteiger partial charge in [0.15, 0.2) is 0 Å². The van der Waals surface area contributed by atoms with Gasteiger partial charge in [-0.25, -0.2) is 9.98 Å². The van der Waals surface area contributed by atoms with Crippen LogP contribution in [-0.4, -0.2) is 15.3 Å². The average Bonchev–Trinajstić information content (AvgIpc) is 3.52. The van der Waals surface area contributed by atoms with Crippen LogP contribution in [0.15, 0.2) is 175 Å². The Labute approximate surface area is 283 Å². The fraction of sp³-hybridized carbons (Fsp3) is 0.0222. The van der Waals surface area contributed by atoms with E-state index >= 15 is 0 Å². The number of nitrogens with one attached hydrogen (secondary N) is 1. The van der Waals surface area contributed by atoms with Gasteiger partial charge in [0.25, 0.3) is 0 Å². The molecule has 2 aromatic heterocycles. The van der Waals surface area contributed by atoms with Crippen molar-refractivity contribution in [2.24, 2.45) is 4.99 Å². The van der Waals surface area contributed by atoms with Gasteiger partial charge in [-0.2, -0.15) is 0 Å². The van der Waals surface area contributed by atoms with E-state index in [1.807, 2.05) is 0 Å². The molecule has 230 valence electrons. The van der Waals surface area contributed by atoms with E-state index in [2.05, 4.69) is 180 Å². The van der Waals surface area contributed by atoms with E-state index in [1.54, 1.807) is 0 Å². The van der Waals surface area contributed by atoms with Crippen molar-refractivity contribution < 1.29 is 0 Å². The zero-order chi connectivity index (χ0) is 32.3. The molecule has 1 aliphatic heterocycles. The molecule has 10 rings (SSSR count). The quantitative estimate of drug-likeness (QED) is 0.211. The lowest BCUT2D eigenvalue weighted by Gasteiger charge is -2.28. The molecule has 1 aliphatic rings. The van der Waals surface area contributed by atoms with Gasteiger partial charge in [0, 0.05) is 27.4 Å². The lowest BCUT2D eigenvalue weighted by Crippen LogP contribution is -2.25. The molecule has 7 aromatic carbocycles. The third kappa shape index (κ3) is 4.45. The molecule has 0 spiro atoms. The van der Waals surface area contributed by atoms with E-state index in [0.29, 0.717) is 0 Å². The summed E-state index contributed by atoms with van der Waals surface area (Å²) < 4.78 is 2.37. The second kappa shape index (κ2) is 11.0. The number of aromatic nitrogens is 2. The Bertz CT molecular complexity index is 2740. The number of hydrogen-bond acceptors (Lipinski definition) is 3. The molecule has 4 heteroatoms. The fourth-order valence-electron chi connectivity index (χ4n) is 7.55. The Morgan fingerprint density at radius 3 is 2.06 bits per heavy atom. The third-order valence-electron chi connectivity index (χ3n) is 9.81. The first-order chi connectivity index (χ1) is 24.3. The van der Waals surface area contributed by atoms with Crippen LogP contribution in [0.4, 0.5) is 5.69 Å². The van der Waals surface area contributed by atoms with Crippen molar-refractivity contribution >= 4 is 54.9 Å². The predicted molar refractivity (Wildman–Crippen MR) is 204 cm³/mol. The minimum Gasteiger partial charge on any atom is -0.346 e. The smallest absolute Gasteiger partial charge is 0.201 e. The molecule has 0 fully saturated rings. The molecule has 0 saturated carbocycles. The first-order valence-corrected chi connectivity index (χ1v) is 16.7.